The summed E-state index contributed by atoms with van der Waals surface area (Å²) in [5.74, 6) is 0. The number of rotatable bonds is 0. The van der Waals surface area contributed by atoms with Gasteiger partial charge in [-0.05, 0) is 19.8 Å². The molecule has 14 heavy (non-hydrogen) atoms. The Kier molecular flexibility index (Phi) is 2.71. The van der Waals surface area contributed by atoms with Gasteiger partial charge in [0.05, 0.1) is 5.54 Å². The van der Waals surface area contributed by atoms with E-state index in [4.69, 9.17) is 39.5 Å². The van der Waals surface area contributed by atoms with Gasteiger partial charge in [-0.15, -0.1) is 0 Å². The first-order valence-electron chi connectivity index (χ1n) is 4.53. The van der Waals surface area contributed by atoms with Crippen LogP contribution in [-0.2, 0) is 4.74 Å². The molecule has 0 aromatic carbocycles. The van der Waals surface area contributed by atoms with Crippen molar-refractivity contribution in [3.05, 3.63) is 0 Å². The highest BCUT2D eigenvalue weighted by atomic mass is 35.6. The third-order valence-corrected chi connectivity index (χ3v) is 3.65. The minimum Gasteiger partial charge on any atom is -0.366 e. The zero-order valence-electron chi connectivity index (χ0n) is 7.71. The highest BCUT2D eigenvalue weighted by Crippen LogP contribution is 2.47. The van der Waals surface area contributed by atoms with E-state index in [0.717, 1.165) is 19.4 Å². The number of aliphatic hydroxyl groups is 1. The van der Waals surface area contributed by atoms with E-state index in [1.807, 2.05) is 11.8 Å². The van der Waals surface area contributed by atoms with Gasteiger partial charge in [-0.1, -0.05) is 34.8 Å². The maximum atomic E-state index is 9.75. The number of hydrogen-bond acceptors (Lipinski definition) is 3. The fraction of sp³-hybridized carbons (Fsp3) is 1.00. The molecule has 0 saturated carbocycles. The molecule has 0 radical (unpaired) electrons. The predicted octanol–water partition coefficient (Wildman–Crippen LogP) is 1.89. The van der Waals surface area contributed by atoms with Crippen LogP contribution in [0.25, 0.3) is 0 Å². The lowest BCUT2D eigenvalue weighted by atomic mass is 9.99. The molecule has 3 nitrogen and oxygen atoms in total. The summed E-state index contributed by atoms with van der Waals surface area (Å²) in [6.07, 6.45) is 0.347. The fourth-order valence-electron chi connectivity index (χ4n) is 2.25. The van der Waals surface area contributed by atoms with Crippen LogP contribution in [0.1, 0.15) is 19.8 Å². The first kappa shape index (κ1) is 11.2. The average Bonchev–Trinajstić information content (AvgIpc) is 2.49. The Balaban J connectivity index is 2.25. The summed E-state index contributed by atoms with van der Waals surface area (Å²) >= 11 is 17.4. The summed E-state index contributed by atoms with van der Waals surface area (Å²) in [5.41, 5.74) is -0.394. The molecular formula is C8H12Cl3NO2. The maximum absolute atomic E-state index is 9.75. The molecule has 2 saturated heterocycles. The van der Waals surface area contributed by atoms with Crippen LogP contribution in [0.15, 0.2) is 0 Å². The van der Waals surface area contributed by atoms with Crippen molar-refractivity contribution in [2.75, 3.05) is 6.54 Å². The second kappa shape index (κ2) is 3.37. The highest BCUT2D eigenvalue weighted by molar-refractivity contribution is 6.68. The summed E-state index contributed by atoms with van der Waals surface area (Å²) in [6.45, 7) is 2.73. The van der Waals surface area contributed by atoms with Gasteiger partial charge in [0.15, 0.2) is 12.5 Å². The Labute approximate surface area is 97.9 Å². The molecular weight excluding hydrogens is 248 g/mol. The molecule has 82 valence electrons. The normalized spacial score (nSPS) is 44.4. The monoisotopic (exact) mass is 259 g/mol. The highest BCUT2D eigenvalue weighted by Gasteiger charge is 2.58. The Bertz CT molecular complexity index is 245. The summed E-state index contributed by atoms with van der Waals surface area (Å²) in [7, 11) is 0. The van der Waals surface area contributed by atoms with Crippen molar-refractivity contribution < 1.29 is 9.84 Å². The SMILES string of the molecule is C[C@]12CCCN1C(C(Cl)(Cl)Cl)OC2O. The van der Waals surface area contributed by atoms with Gasteiger partial charge in [-0.3, -0.25) is 4.90 Å². The molecule has 2 aliphatic heterocycles. The van der Waals surface area contributed by atoms with E-state index in [1.165, 1.54) is 0 Å². The van der Waals surface area contributed by atoms with Crippen molar-refractivity contribution in [1.29, 1.82) is 0 Å². The first-order chi connectivity index (χ1) is 6.36. The maximum Gasteiger partial charge on any atom is 0.229 e. The molecule has 0 aromatic heterocycles. The van der Waals surface area contributed by atoms with Gasteiger partial charge in [-0.2, -0.15) is 0 Å². The minimum atomic E-state index is -1.51. The fourth-order valence-corrected chi connectivity index (χ4v) is 2.76. The third-order valence-electron chi connectivity index (χ3n) is 3.09. The van der Waals surface area contributed by atoms with Gasteiger partial charge in [0.25, 0.3) is 0 Å². The van der Waals surface area contributed by atoms with Gasteiger partial charge in [0, 0.05) is 6.54 Å². The molecule has 0 aliphatic carbocycles. The number of aliphatic hydroxyl groups excluding tert-OH is 1. The van der Waals surface area contributed by atoms with Crippen LogP contribution in [-0.4, -0.2) is 38.4 Å². The van der Waals surface area contributed by atoms with Crippen LogP contribution in [0.2, 0.25) is 0 Å². The second-order valence-electron chi connectivity index (χ2n) is 4.04. The third kappa shape index (κ3) is 1.55. The quantitative estimate of drug-likeness (QED) is 0.675. The minimum absolute atomic E-state index is 0.394. The molecule has 6 heteroatoms. The van der Waals surface area contributed by atoms with Gasteiger partial charge in [0.1, 0.15) is 0 Å². The van der Waals surface area contributed by atoms with Crippen LogP contribution < -0.4 is 0 Å². The second-order valence-corrected chi connectivity index (χ2v) is 6.41. The summed E-state index contributed by atoms with van der Waals surface area (Å²) in [6, 6.07) is 0. The molecule has 2 rings (SSSR count). The number of nitrogens with zero attached hydrogens (tertiary/aromatic N) is 1. The molecule has 2 aliphatic rings. The lowest BCUT2D eigenvalue weighted by Gasteiger charge is -2.31. The Hall–Kier alpha value is 0.750. The Morgan fingerprint density at radius 1 is 1.50 bits per heavy atom. The summed E-state index contributed by atoms with van der Waals surface area (Å²) < 4.78 is 3.77. The van der Waals surface area contributed by atoms with Crippen LogP contribution in [0.5, 0.6) is 0 Å². The summed E-state index contributed by atoms with van der Waals surface area (Å²) in [4.78, 5) is 1.94. The number of fused-ring (bicyclic) bond motifs is 1. The molecule has 2 unspecified atom stereocenters. The lowest BCUT2D eigenvalue weighted by molar-refractivity contribution is -0.113. The van der Waals surface area contributed by atoms with Crippen LogP contribution in [0.4, 0.5) is 0 Å². The van der Waals surface area contributed by atoms with Gasteiger partial charge in [-0.25, -0.2) is 0 Å². The van der Waals surface area contributed by atoms with E-state index in [1.54, 1.807) is 0 Å². The topological polar surface area (TPSA) is 32.7 Å². The van der Waals surface area contributed by atoms with E-state index in [0.29, 0.717) is 0 Å². The van der Waals surface area contributed by atoms with Gasteiger partial charge < -0.3 is 9.84 Å². The van der Waals surface area contributed by atoms with Crippen molar-refractivity contribution in [3.63, 3.8) is 0 Å². The van der Waals surface area contributed by atoms with E-state index in [9.17, 15) is 5.11 Å². The molecule has 1 N–H and O–H groups in total. The smallest absolute Gasteiger partial charge is 0.229 e. The number of ether oxygens (including phenoxy) is 1. The number of hydrogen-bond donors (Lipinski definition) is 1. The Morgan fingerprint density at radius 3 is 2.71 bits per heavy atom. The van der Waals surface area contributed by atoms with Gasteiger partial charge in [0.2, 0.25) is 3.79 Å². The van der Waals surface area contributed by atoms with Gasteiger partial charge >= 0.3 is 0 Å². The zero-order chi connectivity index (χ0) is 10.6. The van der Waals surface area contributed by atoms with Crippen molar-refractivity contribution in [1.82, 2.24) is 4.90 Å². The molecule has 0 aromatic rings. The van der Waals surface area contributed by atoms with E-state index < -0.39 is 21.8 Å². The molecule has 0 amide bonds. The molecule has 2 fully saturated rings. The first-order valence-corrected chi connectivity index (χ1v) is 5.66. The van der Waals surface area contributed by atoms with Crippen LogP contribution in [0.3, 0.4) is 0 Å². The van der Waals surface area contributed by atoms with Crippen molar-refractivity contribution in [2.45, 2.75) is 41.6 Å². The zero-order valence-corrected chi connectivity index (χ0v) is 9.98. The Morgan fingerprint density at radius 2 is 2.14 bits per heavy atom. The summed E-state index contributed by atoms with van der Waals surface area (Å²) in [5, 5.41) is 9.75. The largest absolute Gasteiger partial charge is 0.366 e. The van der Waals surface area contributed by atoms with Crippen molar-refractivity contribution in [2.24, 2.45) is 0 Å². The average molecular weight is 261 g/mol. The van der Waals surface area contributed by atoms with E-state index in [2.05, 4.69) is 0 Å². The van der Waals surface area contributed by atoms with Crippen molar-refractivity contribution in [3.8, 4) is 0 Å². The number of alkyl halides is 3. The molecule has 2 heterocycles. The van der Waals surface area contributed by atoms with Crippen molar-refractivity contribution >= 4 is 34.8 Å². The van der Waals surface area contributed by atoms with E-state index in [-0.39, 0.29) is 0 Å². The van der Waals surface area contributed by atoms with Crippen LogP contribution in [0, 0.1) is 0 Å². The number of halogens is 3. The predicted molar refractivity (Wildman–Crippen MR) is 55.5 cm³/mol. The molecule has 3 atom stereocenters. The lowest BCUT2D eigenvalue weighted by Crippen LogP contribution is -2.47. The van der Waals surface area contributed by atoms with Crippen LogP contribution >= 0.6 is 34.8 Å². The molecule has 0 spiro atoms. The standard InChI is InChI=1S/C8H12Cl3NO2/c1-7-3-2-4-12(7)5(8(9,10)11)14-6(7)13/h5-6,13H,2-4H2,1H3/t5?,6?,7-/m1/s1. The molecule has 0 bridgehead atoms. The van der Waals surface area contributed by atoms with E-state index >= 15 is 0 Å².